The second-order valence-electron chi connectivity index (χ2n) is 4.43. The standard InChI is InChI=1S/C12H15FN2O2/c1-2-4-8-7-11(8)14-10-6-3-5-9(13)12(10)15(16)17/h3,5-6,8,11,14H,2,4,7H2,1H3. The van der Waals surface area contributed by atoms with E-state index < -0.39 is 16.4 Å². The van der Waals surface area contributed by atoms with Gasteiger partial charge in [-0.3, -0.25) is 10.1 Å². The van der Waals surface area contributed by atoms with Gasteiger partial charge in [0.05, 0.1) is 4.92 Å². The molecule has 0 aromatic heterocycles. The van der Waals surface area contributed by atoms with Crippen LogP contribution in [0.2, 0.25) is 0 Å². The average molecular weight is 238 g/mol. The fraction of sp³-hybridized carbons (Fsp3) is 0.500. The molecule has 2 rings (SSSR count). The molecule has 0 spiro atoms. The summed E-state index contributed by atoms with van der Waals surface area (Å²) in [5.41, 5.74) is -0.159. The minimum absolute atomic E-state index is 0.260. The van der Waals surface area contributed by atoms with Crippen LogP contribution < -0.4 is 5.32 Å². The van der Waals surface area contributed by atoms with Gasteiger partial charge in [-0.1, -0.05) is 19.4 Å². The summed E-state index contributed by atoms with van der Waals surface area (Å²) in [7, 11) is 0. The van der Waals surface area contributed by atoms with Crippen LogP contribution in [0.15, 0.2) is 18.2 Å². The molecule has 1 saturated carbocycles. The summed E-state index contributed by atoms with van der Waals surface area (Å²) in [4.78, 5) is 10.1. The largest absolute Gasteiger partial charge is 0.376 e. The Hall–Kier alpha value is -1.65. The molecule has 0 amide bonds. The van der Waals surface area contributed by atoms with Crippen LogP contribution in [-0.2, 0) is 0 Å². The molecule has 5 heteroatoms. The molecule has 92 valence electrons. The third-order valence-corrected chi connectivity index (χ3v) is 3.09. The third-order valence-electron chi connectivity index (χ3n) is 3.09. The van der Waals surface area contributed by atoms with Gasteiger partial charge in [-0.2, -0.15) is 4.39 Å². The first-order valence-corrected chi connectivity index (χ1v) is 5.83. The lowest BCUT2D eigenvalue weighted by atomic mass is 10.2. The van der Waals surface area contributed by atoms with Crippen LogP contribution in [0.5, 0.6) is 0 Å². The van der Waals surface area contributed by atoms with Crippen molar-refractivity contribution in [1.82, 2.24) is 0 Å². The minimum Gasteiger partial charge on any atom is -0.376 e. The van der Waals surface area contributed by atoms with Gasteiger partial charge in [0.15, 0.2) is 0 Å². The number of nitrogens with zero attached hydrogens (tertiary/aromatic N) is 1. The van der Waals surface area contributed by atoms with Gasteiger partial charge in [0.2, 0.25) is 5.82 Å². The Morgan fingerprint density at radius 3 is 3.00 bits per heavy atom. The van der Waals surface area contributed by atoms with Crippen LogP contribution in [0.1, 0.15) is 26.2 Å². The first kappa shape index (κ1) is 11.8. The lowest BCUT2D eigenvalue weighted by molar-refractivity contribution is -0.386. The molecule has 1 aliphatic carbocycles. The quantitative estimate of drug-likeness (QED) is 0.632. The number of hydrogen-bond donors (Lipinski definition) is 1. The van der Waals surface area contributed by atoms with Crippen LogP contribution in [-0.4, -0.2) is 11.0 Å². The normalized spacial score (nSPS) is 22.2. The van der Waals surface area contributed by atoms with Crippen LogP contribution in [0.25, 0.3) is 0 Å². The molecular formula is C12H15FN2O2. The Bertz CT molecular complexity index is 437. The molecule has 1 N–H and O–H groups in total. The van der Waals surface area contributed by atoms with Crippen molar-refractivity contribution in [3.63, 3.8) is 0 Å². The first-order valence-electron chi connectivity index (χ1n) is 5.83. The van der Waals surface area contributed by atoms with E-state index in [2.05, 4.69) is 12.2 Å². The molecule has 0 aliphatic heterocycles. The summed E-state index contributed by atoms with van der Waals surface area (Å²) in [6, 6.07) is 4.42. The van der Waals surface area contributed by atoms with Gasteiger partial charge in [-0.25, -0.2) is 0 Å². The number of rotatable bonds is 5. The number of hydrogen-bond acceptors (Lipinski definition) is 3. The zero-order valence-corrected chi connectivity index (χ0v) is 9.65. The van der Waals surface area contributed by atoms with E-state index in [-0.39, 0.29) is 6.04 Å². The van der Waals surface area contributed by atoms with Crippen molar-refractivity contribution in [1.29, 1.82) is 0 Å². The number of halogens is 1. The molecule has 2 atom stereocenters. The van der Waals surface area contributed by atoms with E-state index in [0.717, 1.165) is 25.3 Å². The van der Waals surface area contributed by atoms with E-state index in [1.165, 1.54) is 6.07 Å². The van der Waals surface area contributed by atoms with E-state index >= 15 is 0 Å². The Labute approximate surface area is 99.0 Å². The predicted octanol–water partition coefficient (Wildman–Crippen LogP) is 3.33. The number of para-hydroxylation sites is 1. The highest BCUT2D eigenvalue weighted by atomic mass is 19.1. The van der Waals surface area contributed by atoms with Crippen molar-refractivity contribution < 1.29 is 9.31 Å². The molecule has 2 unspecified atom stereocenters. The molecule has 1 aromatic carbocycles. The maximum absolute atomic E-state index is 13.3. The van der Waals surface area contributed by atoms with E-state index in [4.69, 9.17) is 0 Å². The summed E-state index contributed by atoms with van der Waals surface area (Å²) in [6.45, 7) is 2.11. The molecule has 0 saturated heterocycles. The summed E-state index contributed by atoms with van der Waals surface area (Å²) in [5, 5.41) is 13.8. The van der Waals surface area contributed by atoms with E-state index in [1.807, 2.05) is 0 Å². The monoisotopic (exact) mass is 238 g/mol. The molecule has 1 fully saturated rings. The van der Waals surface area contributed by atoms with Gasteiger partial charge in [-0.05, 0) is 30.9 Å². The van der Waals surface area contributed by atoms with E-state index in [0.29, 0.717) is 11.6 Å². The number of nitrogens with one attached hydrogen (secondary N) is 1. The molecular weight excluding hydrogens is 223 g/mol. The van der Waals surface area contributed by atoms with Crippen molar-refractivity contribution in [2.75, 3.05) is 5.32 Å². The SMILES string of the molecule is CCCC1CC1Nc1cccc(F)c1[N+](=O)[O-]. The van der Waals surface area contributed by atoms with E-state index in [9.17, 15) is 14.5 Å². The summed E-state index contributed by atoms with van der Waals surface area (Å²) < 4.78 is 13.3. The minimum atomic E-state index is -0.785. The Kier molecular flexibility index (Phi) is 3.26. The highest BCUT2D eigenvalue weighted by Crippen LogP contribution is 2.39. The maximum Gasteiger partial charge on any atom is 0.327 e. The zero-order chi connectivity index (χ0) is 12.4. The lowest BCUT2D eigenvalue weighted by Gasteiger charge is -2.06. The van der Waals surface area contributed by atoms with Gasteiger partial charge >= 0.3 is 5.69 Å². The topological polar surface area (TPSA) is 55.2 Å². The van der Waals surface area contributed by atoms with Crippen LogP contribution >= 0.6 is 0 Å². The van der Waals surface area contributed by atoms with Crippen molar-refractivity contribution in [2.24, 2.45) is 5.92 Å². The molecule has 0 heterocycles. The van der Waals surface area contributed by atoms with Crippen LogP contribution in [0.3, 0.4) is 0 Å². The third kappa shape index (κ3) is 2.54. The number of nitro benzene ring substituents is 1. The van der Waals surface area contributed by atoms with Gasteiger partial charge in [0, 0.05) is 6.04 Å². The van der Waals surface area contributed by atoms with Crippen molar-refractivity contribution in [2.45, 2.75) is 32.2 Å². The highest BCUT2D eigenvalue weighted by Gasteiger charge is 2.37. The molecule has 1 aromatic rings. The molecule has 1 aliphatic rings. The number of anilines is 1. The predicted molar refractivity (Wildman–Crippen MR) is 63.5 cm³/mol. The Balaban J connectivity index is 2.11. The average Bonchev–Trinajstić information content (AvgIpc) is 2.96. The smallest absolute Gasteiger partial charge is 0.327 e. The summed E-state index contributed by atoms with van der Waals surface area (Å²) >= 11 is 0. The van der Waals surface area contributed by atoms with Gasteiger partial charge in [0.1, 0.15) is 5.69 Å². The second-order valence-corrected chi connectivity index (χ2v) is 4.43. The van der Waals surface area contributed by atoms with Gasteiger partial charge in [-0.15, -0.1) is 0 Å². The summed E-state index contributed by atoms with van der Waals surface area (Å²) in [5.74, 6) is -0.212. The van der Waals surface area contributed by atoms with Crippen LogP contribution in [0.4, 0.5) is 15.8 Å². The van der Waals surface area contributed by atoms with Gasteiger partial charge < -0.3 is 5.32 Å². The fourth-order valence-corrected chi connectivity index (χ4v) is 2.13. The fourth-order valence-electron chi connectivity index (χ4n) is 2.13. The molecule has 0 radical (unpaired) electrons. The highest BCUT2D eigenvalue weighted by molar-refractivity contribution is 5.63. The van der Waals surface area contributed by atoms with Gasteiger partial charge in [0.25, 0.3) is 0 Å². The maximum atomic E-state index is 13.3. The first-order chi connectivity index (χ1) is 8.13. The molecule has 0 bridgehead atoms. The second kappa shape index (κ2) is 4.69. The molecule has 4 nitrogen and oxygen atoms in total. The molecule has 17 heavy (non-hydrogen) atoms. The zero-order valence-electron chi connectivity index (χ0n) is 9.65. The van der Waals surface area contributed by atoms with Crippen molar-refractivity contribution in [3.05, 3.63) is 34.1 Å². The summed E-state index contributed by atoms with van der Waals surface area (Å²) in [6.07, 6.45) is 3.23. The van der Waals surface area contributed by atoms with Crippen molar-refractivity contribution in [3.8, 4) is 0 Å². The number of benzene rings is 1. The lowest BCUT2D eigenvalue weighted by Crippen LogP contribution is -2.07. The Morgan fingerprint density at radius 1 is 1.59 bits per heavy atom. The van der Waals surface area contributed by atoms with Crippen LogP contribution in [0, 0.1) is 21.8 Å². The van der Waals surface area contributed by atoms with E-state index in [1.54, 1.807) is 6.07 Å². The van der Waals surface area contributed by atoms with Crippen molar-refractivity contribution >= 4 is 11.4 Å². The number of nitro groups is 1. The Morgan fingerprint density at radius 2 is 2.35 bits per heavy atom.